The first-order valence-corrected chi connectivity index (χ1v) is 8.68. The summed E-state index contributed by atoms with van der Waals surface area (Å²) in [6, 6.07) is 12.0. The number of rotatable bonds is 2. The van der Waals surface area contributed by atoms with Gasteiger partial charge in [-0.1, -0.05) is 0 Å². The minimum Gasteiger partial charge on any atom is -0.443 e. The zero-order valence-corrected chi connectivity index (χ0v) is 15.4. The van der Waals surface area contributed by atoms with Crippen LogP contribution in [0.4, 0.5) is 14.9 Å². The summed E-state index contributed by atoms with van der Waals surface area (Å²) < 4.78 is 19.5. The Morgan fingerprint density at radius 1 is 1.16 bits per heavy atom. The number of benzene rings is 2. The third kappa shape index (κ3) is 3.96. The smallest absolute Gasteiger partial charge is 0.414 e. The standard InChI is InChI=1S/C19H19FN2O2S/c1-19(2,3)24-18(23)22(4)14-8-5-12(6-9-14)17-21-15-10-7-13(20)11-16(15)25-17/h5-11H,1-4H3. The number of hydrogen-bond acceptors (Lipinski definition) is 4. The van der Waals surface area contributed by atoms with Crippen molar-refractivity contribution in [2.24, 2.45) is 0 Å². The molecule has 4 nitrogen and oxygen atoms in total. The molecule has 0 atom stereocenters. The Labute approximate surface area is 149 Å². The molecule has 0 aliphatic heterocycles. The minimum absolute atomic E-state index is 0.267. The van der Waals surface area contributed by atoms with Crippen molar-refractivity contribution in [3.63, 3.8) is 0 Å². The molecule has 25 heavy (non-hydrogen) atoms. The normalized spacial score (nSPS) is 11.6. The van der Waals surface area contributed by atoms with Gasteiger partial charge in [-0.25, -0.2) is 14.2 Å². The van der Waals surface area contributed by atoms with E-state index in [1.165, 1.54) is 28.4 Å². The van der Waals surface area contributed by atoms with E-state index in [0.717, 1.165) is 26.5 Å². The Bertz CT molecular complexity index is 913. The van der Waals surface area contributed by atoms with E-state index >= 15 is 0 Å². The van der Waals surface area contributed by atoms with Crippen LogP contribution in [0.2, 0.25) is 0 Å². The average Bonchev–Trinajstić information content (AvgIpc) is 2.95. The van der Waals surface area contributed by atoms with Crippen LogP contribution in [-0.2, 0) is 4.74 Å². The first-order chi connectivity index (χ1) is 11.7. The number of fused-ring (bicyclic) bond motifs is 1. The van der Waals surface area contributed by atoms with Gasteiger partial charge in [-0.3, -0.25) is 4.90 Å². The molecule has 0 fully saturated rings. The SMILES string of the molecule is CN(C(=O)OC(C)(C)C)c1ccc(-c2nc3ccc(F)cc3s2)cc1. The number of anilines is 1. The molecule has 0 aliphatic carbocycles. The lowest BCUT2D eigenvalue weighted by Gasteiger charge is -2.24. The number of hydrogen-bond donors (Lipinski definition) is 0. The van der Waals surface area contributed by atoms with Crippen molar-refractivity contribution < 1.29 is 13.9 Å². The van der Waals surface area contributed by atoms with Gasteiger partial charge in [-0.2, -0.15) is 0 Å². The van der Waals surface area contributed by atoms with Gasteiger partial charge in [-0.15, -0.1) is 11.3 Å². The molecule has 0 saturated carbocycles. The van der Waals surface area contributed by atoms with Crippen LogP contribution in [-0.4, -0.2) is 23.7 Å². The largest absolute Gasteiger partial charge is 0.443 e. The van der Waals surface area contributed by atoms with Crippen LogP contribution in [0.25, 0.3) is 20.8 Å². The minimum atomic E-state index is -0.540. The summed E-state index contributed by atoms with van der Waals surface area (Å²) in [6.45, 7) is 5.49. The summed E-state index contributed by atoms with van der Waals surface area (Å²) >= 11 is 1.44. The van der Waals surface area contributed by atoms with Crippen molar-refractivity contribution in [2.75, 3.05) is 11.9 Å². The molecule has 2 aromatic carbocycles. The molecule has 3 aromatic rings. The topological polar surface area (TPSA) is 42.4 Å². The highest BCUT2D eigenvalue weighted by Gasteiger charge is 2.20. The predicted molar refractivity (Wildman–Crippen MR) is 99.7 cm³/mol. The fraction of sp³-hybridized carbons (Fsp3) is 0.263. The third-order valence-electron chi connectivity index (χ3n) is 3.52. The summed E-state index contributed by atoms with van der Waals surface area (Å²) in [7, 11) is 1.67. The first-order valence-electron chi connectivity index (χ1n) is 7.86. The number of carbonyl (C=O) groups is 1. The van der Waals surface area contributed by atoms with Crippen LogP contribution < -0.4 is 4.90 Å². The summed E-state index contributed by atoms with van der Waals surface area (Å²) in [5, 5.41) is 0.812. The quantitative estimate of drug-likeness (QED) is 0.610. The van der Waals surface area contributed by atoms with Crippen LogP contribution in [0.5, 0.6) is 0 Å². The summed E-state index contributed by atoms with van der Waals surface area (Å²) in [5.41, 5.74) is 1.88. The van der Waals surface area contributed by atoms with Crippen molar-refractivity contribution in [2.45, 2.75) is 26.4 Å². The molecule has 0 unspecified atom stereocenters. The van der Waals surface area contributed by atoms with E-state index in [1.54, 1.807) is 13.1 Å². The molecule has 0 saturated heterocycles. The third-order valence-corrected chi connectivity index (χ3v) is 4.59. The Kier molecular flexibility index (Phi) is 4.47. The number of thiazole rings is 1. The molecule has 1 amide bonds. The number of aromatic nitrogens is 1. The molecule has 0 aliphatic rings. The summed E-state index contributed by atoms with van der Waals surface area (Å²) in [4.78, 5) is 18.1. The van der Waals surface area contributed by atoms with Crippen molar-refractivity contribution in [1.82, 2.24) is 4.98 Å². The lowest BCUT2D eigenvalue weighted by Crippen LogP contribution is -2.34. The molecular weight excluding hydrogens is 339 g/mol. The zero-order valence-electron chi connectivity index (χ0n) is 14.5. The summed E-state index contributed by atoms with van der Waals surface area (Å²) in [6.07, 6.45) is -0.407. The van der Waals surface area contributed by atoms with Crippen molar-refractivity contribution in [1.29, 1.82) is 0 Å². The van der Waals surface area contributed by atoms with Crippen molar-refractivity contribution >= 4 is 33.3 Å². The highest BCUT2D eigenvalue weighted by molar-refractivity contribution is 7.21. The van der Waals surface area contributed by atoms with Crippen LogP contribution in [0.3, 0.4) is 0 Å². The van der Waals surface area contributed by atoms with Gasteiger partial charge in [0.25, 0.3) is 0 Å². The van der Waals surface area contributed by atoms with E-state index in [-0.39, 0.29) is 5.82 Å². The second kappa shape index (κ2) is 6.44. The molecule has 0 bridgehead atoms. The lowest BCUT2D eigenvalue weighted by atomic mass is 10.2. The molecule has 6 heteroatoms. The first kappa shape index (κ1) is 17.4. The van der Waals surface area contributed by atoms with E-state index < -0.39 is 11.7 Å². The second-order valence-electron chi connectivity index (χ2n) is 6.72. The summed E-state index contributed by atoms with van der Waals surface area (Å²) in [5.74, 6) is -0.267. The fourth-order valence-corrected chi connectivity index (χ4v) is 3.28. The van der Waals surface area contributed by atoms with Crippen molar-refractivity contribution in [3.05, 3.63) is 48.3 Å². The zero-order chi connectivity index (χ0) is 18.2. The van der Waals surface area contributed by atoms with E-state index in [2.05, 4.69) is 4.98 Å². The van der Waals surface area contributed by atoms with E-state index in [0.29, 0.717) is 0 Å². The number of carbonyl (C=O) groups excluding carboxylic acids is 1. The molecular formula is C19H19FN2O2S. The predicted octanol–water partition coefficient (Wildman–Crippen LogP) is 5.47. The highest BCUT2D eigenvalue weighted by atomic mass is 32.1. The molecule has 130 valence electrons. The number of nitrogens with zero attached hydrogens (tertiary/aromatic N) is 2. The van der Waals surface area contributed by atoms with Gasteiger partial charge in [0.1, 0.15) is 16.4 Å². The van der Waals surface area contributed by atoms with Crippen LogP contribution in [0.15, 0.2) is 42.5 Å². The lowest BCUT2D eigenvalue weighted by molar-refractivity contribution is 0.0589. The van der Waals surface area contributed by atoms with Crippen LogP contribution in [0.1, 0.15) is 20.8 Å². The maximum Gasteiger partial charge on any atom is 0.414 e. The Balaban J connectivity index is 1.82. The van der Waals surface area contributed by atoms with E-state index in [1.807, 2.05) is 45.0 Å². The van der Waals surface area contributed by atoms with Gasteiger partial charge in [0.2, 0.25) is 0 Å². The van der Waals surface area contributed by atoms with Crippen molar-refractivity contribution in [3.8, 4) is 10.6 Å². The van der Waals surface area contributed by atoms with E-state index in [9.17, 15) is 9.18 Å². The maximum atomic E-state index is 13.3. The highest BCUT2D eigenvalue weighted by Crippen LogP contribution is 2.31. The number of amides is 1. The van der Waals surface area contributed by atoms with Gasteiger partial charge in [-0.05, 0) is 63.2 Å². The second-order valence-corrected chi connectivity index (χ2v) is 7.75. The molecule has 0 spiro atoms. The maximum absolute atomic E-state index is 13.3. The molecule has 1 aromatic heterocycles. The Morgan fingerprint density at radius 3 is 2.48 bits per heavy atom. The van der Waals surface area contributed by atoms with Gasteiger partial charge in [0, 0.05) is 18.3 Å². The number of halogens is 1. The van der Waals surface area contributed by atoms with Gasteiger partial charge >= 0.3 is 6.09 Å². The van der Waals surface area contributed by atoms with Gasteiger partial charge < -0.3 is 4.74 Å². The average molecular weight is 358 g/mol. The van der Waals surface area contributed by atoms with E-state index in [4.69, 9.17) is 4.74 Å². The molecule has 0 radical (unpaired) electrons. The Morgan fingerprint density at radius 2 is 1.84 bits per heavy atom. The Hall–Kier alpha value is -2.47. The number of ether oxygens (including phenoxy) is 1. The molecule has 0 N–H and O–H groups in total. The van der Waals surface area contributed by atoms with Gasteiger partial charge in [0.15, 0.2) is 0 Å². The van der Waals surface area contributed by atoms with Crippen LogP contribution in [0, 0.1) is 5.82 Å². The monoisotopic (exact) mass is 358 g/mol. The molecule has 1 heterocycles. The molecule has 3 rings (SSSR count). The fourth-order valence-electron chi connectivity index (χ4n) is 2.29. The van der Waals surface area contributed by atoms with Crippen LogP contribution >= 0.6 is 11.3 Å². The van der Waals surface area contributed by atoms with Gasteiger partial charge in [0.05, 0.1) is 10.2 Å².